The summed E-state index contributed by atoms with van der Waals surface area (Å²) in [5.41, 5.74) is 4.30. The van der Waals surface area contributed by atoms with E-state index in [4.69, 9.17) is 0 Å². The van der Waals surface area contributed by atoms with Gasteiger partial charge in [-0.15, -0.1) is 0 Å². The number of hydrogen-bond acceptors (Lipinski definition) is 2. The molecule has 3 aromatic rings. The van der Waals surface area contributed by atoms with Crippen LogP contribution in [0.15, 0.2) is 60.7 Å². The monoisotopic (exact) mass is 413 g/mol. The number of para-hydroxylation sites is 1. The number of rotatable bonds is 4. The fraction of sp³-hybridized carbons (Fsp3) is 0.333. The van der Waals surface area contributed by atoms with Gasteiger partial charge in [0.05, 0.1) is 5.56 Å². The van der Waals surface area contributed by atoms with E-state index in [2.05, 4.69) is 40.1 Å². The van der Waals surface area contributed by atoms with Gasteiger partial charge < -0.3 is 9.47 Å². The van der Waals surface area contributed by atoms with Gasteiger partial charge in [-0.1, -0.05) is 24.3 Å². The topological polar surface area (TPSA) is 11.4 Å². The summed E-state index contributed by atoms with van der Waals surface area (Å²) in [6, 6.07) is 18.1. The number of aromatic nitrogens is 1. The molecule has 6 heteroatoms. The van der Waals surface area contributed by atoms with Crippen LogP contribution < -0.4 is 4.90 Å². The van der Waals surface area contributed by atoms with Crippen LogP contribution in [0.5, 0.6) is 0 Å². The highest BCUT2D eigenvalue weighted by atomic mass is 19.4. The molecule has 2 heterocycles. The Morgan fingerprint density at radius 1 is 0.800 bits per heavy atom. The van der Waals surface area contributed by atoms with E-state index in [0.717, 1.165) is 55.7 Å². The quantitative estimate of drug-likeness (QED) is 0.565. The summed E-state index contributed by atoms with van der Waals surface area (Å²) < 4.78 is 41.3. The summed E-state index contributed by atoms with van der Waals surface area (Å²) in [4.78, 5) is 4.81. The lowest BCUT2D eigenvalue weighted by molar-refractivity contribution is -0.137. The largest absolute Gasteiger partial charge is 0.416 e. The Bertz CT molecular complexity index is 1000. The fourth-order valence-corrected chi connectivity index (χ4v) is 4.25. The first-order valence-corrected chi connectivity index (χ1v) is 10.2. The van der Waals surface area contributed by atoms with E-state index in [-0.39, 0.29) is 0 Å². The summed E-state index contributed by atoms with van der Waals surface area (Å²) >= 11 is 0. The van der Waals surface area contributed by atoms with Crippen LogP contribution in [-0.2, 0) is 12.7 Å². The lowest BCUT2D eigenvalue weighted by Gasteiger charge is -2.36. The molecule has 158 valence electrons. The molecule has 0 unspecified atom stereocenters. The molecule has 0 aliphatic carbocycles. The fourth-order valence-electron chi connectivity index (χ4n) is 4.25. The van der Waals surface area contributed by atoms with Crippen molar-refractivity contribution in [2.45, 2.75) is 26.6 Å². The minimum Gasteiger partial charge on any atom is -0.369 e. The molecule has 1 aromatic heterocycles. The molecule has 4 rings (SSSR count). The van der Waals surface area contributed by atoms with E-state index in [1.165, 1.54) is 17.8 Å². The maximum atomic E-state index is 13.1. The number of halogens is 3. The van der Waals surface area contributed by atoms with Gasteiger partial charge in [-0.25, -0.2) is 0 Å². The number of benzene rings is 2. The number of hydrogen-bond donors (Lipinski definition) is 0. The molecule has 0 amide bonds. The van der Waals surface area contributed by atoms with Crippen molar-refractivity contribution in [1.29, 1.82) is 0 Å². The highest BCUT2D eigenvalue weighted by Gasteiger charge is 2.30. The number of piperazine rings is 1. The van der Waals surface area contributed by atoms with Crippen LogP contribution in [0.2, 0.25) is 0 Å². The lowest BCUT2D eigenvalue weighted by atomic mass is 10.2. The average Bonchev–Trinajstić information content (AvgIpc) is 3.01. The second-order valence-corrected chi connectivity index (χ2v) is 7.88. The number of aryl methyl sites for hydroxylation is 1. The summed E-state index contributed by atoms with van der Waals surface area (Å²) in [5, 5.41) is 0. The van der Waals surface area contributed by atoms with E-state index in [0.29, 0.717) is 5.69 Å². The lowest BCUT2D eigenvalue weighted by Crippen LogP contribution is -2.46. The Balaban J connectivity index is 1.49. The van der Waals surface area contributed by atoms with E-state index >= 15 is 0 Å². The predicted molar refractivity (Wildman–Crippen MR) is 114 cm³/mol. The Hall–Kier alpha value is -2.73. The summed E-state index contributed by atoms with van der Waals surface area (Å²) in [6.45, 7) is 8.60. The SMILES string of the molecule is Cc1cc(CN2CCN(c3ccccc3)CC2)c(C)n1-c1cccc(C(F)(F)F)c1. The minimum atomic E-state index is -4.34. The second kappa shape index (κ2) is 8.19. The third-order valence-electron chi connectivity index (χ3n) is 5.86. The molecule has 0 N–H and O–H groups in total. The molecular weight excluding hydrogens is 387 g/mol. The van der Waals surface area contributed by atoms with Gasteiger partial charge in [0.25, 0.3) is 0 Å². The molecule has 0 saturated carbocycles. The van der Waals surface area contributed by atoms with Crippen molar-refractivity contribution >= 4 is 5.69 Å². The van der Waals surface area contributed by atoms with Gasteiger partial charge in [0.15, 0.2) is 0 Å². The Labute approximate surface area is 175 Å². The van der Waals surface area contributed by atoms with Gasteiger partial charge in [-0.2, -0.15) is 13.2 Å². The smallest absolute Gasteiger partial charge is 0.369 e. The number of anilines is 1. The van der Waals surface area contributed by atoms with Crippen molar-refractivity contribution in [1.82, 2.24) is 9.47 Å². The first-order chi connectivity index (χ1) is 14.3. The van der Waals surface area contributed by atoms with Crippen LogP contribution in [-0.4, -0.2) is 35.6 Å². The van der Waals surface area contributed by atoms with Crippen molar-refractivity contribution in [3.05, 3.63) is 83.2 Å². The van der Waals surface area contributed by atoms with E-state index in [1.54, 1.807) is 6.07 Å². The van der Waals surface area contributed by atoms with Crippen LogP contribution in [0.1, 0.15) is 22.5 Å². The van der Waals surface area contributed by atoms with Crippen molar-refractivity contribution in [2.24, 2.45) is 0 Å². The van der Waals surface area contributed by atoms with Crippen molar-refractivity contribution in [3.8, 4) is 5.69 Å². The molecule has 1 fully saturated rings. The molecule has 0 radical (unpaired) electrons. The van der Waals surface area contributed by atoms with E-state index in [9.17, 15) is 13.2 Å². The molecule has 2 aromatic carbocycles. The van der Waals surface area contributed by atoms with Crippen LogP contribution in [0.3, 0.4) is 0 Å². The van der Waals surface area contributed by atoms with Gasteiger partial charge >= 0.3 is 6.18 Å². The van der Waals surface area contributed by atoms with Crippen molar-refractivity contribution in [2.75, 3.05) is 31.1 Å². The summed E-state index contributed by atoms with van der Waals surface area (Å²) in [6.07, 6.45) is -4.34. The number of nitrogens with zero attached hydrogens (tertiary/aromatic N) is 3. The first-order valence-electron chi connectivity index (χ1n) is 10.2. The van der Waals surface area contributed by atoms with E-state index in [1.807, 2.05) is 24.5 Å². The van der Waals surface area contributed by atoms with Crippen molar-refractivity contribution in [3.63, 3.8) is 0 Å². The Morgan fingerprint density at radius 2 is 1.47 bits per heavy atom. The molecule has 3 nitrogen and oxygen atoms in total. The predicted octanol–water partition coefficient (Wildman–Crippen LogP) is 5.44. The molecule has 1 aliphatic rings. The standard InChI is InChI=1S/C24H26F3N3/c1-18-15-20(17-28-11-13-29(14-12-28)22-8-4-3-5-9-22)19(2)30(18)23-10-6-7-21(16-23)24(25,26)27/h3-10,15-16H,11-14,17H2,1-2H3. The molecule has 0 spiro atoms. The number of alkyl halides is 3. The normalized spacial score (nSPS) is 15.6. The minimum absolute atomic E-state index is 0.556. The zero-order chi connectivity index (χ0) is 21.3. The molecule has 1 saturated heterocycles. The maximum Gasteiger partial charge on any atom is 0.416 e. The Morgan fingerprint density at radius 3 is 2.13 bits per heavy atom. The highest BCUT2D eigenvalue weighted by Crippen LogP contribution is 2.31. The van der Waals surface area contributed by atoms with Crippen molar-refractivity contribution < 1.29 is 13.2 Å². The van der Waals surface area contributed by atoms with Crippen LogP contribution in [0.4, 0.5) is 18.9 Å². The summed E-state index contributed by atoms with van der Waals surface area (Å²) in [7, 11) is 0. The molecule has 0 atom stereocenters. The van der Waals surface area contributed by atoms with Gasteiger partial charge in [-0.05, 0) is 55.8 Å². The van der Waals surface area contributed by atoms with E-state index < -0.39 is 11.7 Å². The molecular formula is C24H26F3N3. The van der Waals surface area contributed by atoms with Gasteiger partial charge in [0, 0.05) is 55.5 Å². The molecule has 30 heavy (non-hydrogen) atoms. The molecule has 0 bridgehead atoms. The third-order valence-corrected chi connectivity index (χ3v) is 5.86. The Kier molecular flexibility index (Phi) is 5.60. The zero-order valence-electron chi connectivity index (χ0n) is 17.3. The van der Waals surface area contributed by atoms with Crippen LogP contribution >= 0.6 is 0 Å². The summed E-state index contributed by atoms with van der Waals surface area (Å²) in [5.74, 6) is 0. The van der Waals surface area contributed by atoms with Gasteiger partial charge in [-0.3, -0.25) is 4.90 Å². The molecule has 1 aliphatic heterocycles. The second-order valence-electron chi connectivity index (χ2n) is 7.88. The third kappa shape index (κ3) is 4.24. The van der Waals surface area contributed by atoms with Crippen LogP contribution in [0, 0.1) is 13.8 Å². The van der Waals surface area contributed by atoms with Gasteiger partial charge in [0.1, 0.15) is 0 Å². The average molecular weight is 413 g/mol. The maximum absolute atomic E-state index is 13.1. The highest BCUT2D eigenvalue weighted by molar-refractivity contribution is 5.47. The van der Waals surface area contributed by atoms with Gasteiger partial charge in [0.2, 0.25) is 0 Å². The zero-order valence-corrected chi connectivity index (χ0v) is 17.3. The van der Waals surface area contributed by atoms with Crippen LogP contribution in [0.25, 0.3) is 5.69 Å². The first kappa shape index (κ1) is 20.5.